The number of aliphatic imine (C=N–C) groups is 1. The lowest BCUT2D eigenvalue weighted by Gasteiger charge is -2.12. The Morgan fingerprint density at radius 2 is 2.00 bits per heavy atom. The van der Waals surface area contributed by atoms with E-state index < -0.39 is 0 Å². The highest BCUT2D eigenvalue weighted by Gasteiger charge is 2.05. The third kappa shape index (κ3) is 6.17. The van der Waals surface area contributed by atoms with Crippen molar-refractivity contribution in [3.8, 4) is 0 Å². The molecule has 0 aliphatic rings. The predicted octanol–water partition coefficient (Wildman–Crippen LogP) is 0.519. The second kappa shape index (κ2) is 8.90. The van der Waals surface area contributed by atoms with E-state index in [0.29, 0.717) is 25.6 Å². The number of pyridine rings is 1. The maximum Gasteiger partial charge on any atom is 0.222 e. The summed E-state index contributed by atoms with van der Waals surface area (Å²) in [5.41, 5.74) is 0.948. The van der Waals surface area contributed by atoms with E-state index in [1.807, 2.05) is 32.0 Å². The van der Waals surface area contributed by atoms with Crippen LogP contribution >= 0.6 is 0 Å². The van der Waals surface area contributed by atoms with Crippen molar-refractivity contribution in [1.29, 1.82) is 0 Å². The highest BCUT2D eigenvalue weighted by Crippen LogP contribution is 1.91. The Kier molecular flexibility index (Phi) is 7.10. The molecule has 0 unspecified atom stereocenters. The molecule has 0 aliphatic heterocycles. The van der Waals surface area contributed by atoms with Gasteiger partial charge < -0.3 is 16.0 Å². The molecule has 1 aromatic rings. The number of hydrogen-bond acceptors (Lipinski definition) is 3. The summed E-state index contributed by atoms with van der Waals surface area (Å²) in [6, 6.07) is 5.78. The minimum absolute atomic E-state index is 0.0107. The van der Waals surface area contributed by atoms with Crippen LogP contribution in [0, 0.1) is 5.92 Å². The summed E-state index contributed by atoms with van der Waals surface area (Å²) in [5.74, 6) is 0.759. The van der Waals surface area contributed by atoms with Crippen LogP contribution in [-0.2, 0) is 11.3 Å². The number of guanidine groups is 1. The summed E-state index contributed by atoms with van der Waals surface area (Å²) in [6.07, 6.45) is 1.76. The average Bonchev–Trinajstić information content (AvgIpc) is 2.47. The summed E-state index contributed by atoms with van der Waals surface area (Å²) >= 11 is 0. The topological polar surface area (TPSA) is 78.4 Å². The van der Waals surface area contributed by atoms with Gasteiger partial charge in [-0.1, -0.05) is 19.9 Å². The molecular weight excluding hydrogens is 254 g/mol. The van der Waals surface area contributed by atoms with Crippen molar-refractivity contribution in [3.05, 3.63) is 30.1 Å². The normalized spacial score (nSPS) is 11.3. The third-order valence-corrected chi connectivity index (χ3v) is 2.63. The SMILES string of the molecule is CN=C(NCCNC(=O)C(C)C)NCc1ccccn1. The molecule has 0 saturated heterocycles. The van der Waals surface area contributed by atoms with E-state index in [9.17, 15) is 4.79 Å². The van der Waals surface area contributed by atoms with E-state index in [1.54, 1.807) is 13.2 Å². The molecule has 0 aromatic carbocycles. The Balaban J connectivity index is 2.22. The fourth-order valence-corrected chi connectivity index (χ4v) is 1.47. The van der Waals surface area contributed by atoms with Gasteiger partial charge in [-0.25, -0.2) is 0 Å². The molecule has 6 nitrogen and oxygen atoms in total. The number of carbonyl (C=O) groups excluding carboxylic acids is 1. The van der Waals surface area contributed by atoms with Crippen LogP contribution in [0.3, 0.4) is 0 Å². The molecule has 0 radical (unpaired) electrons. The van der Waals surface area contributed by atoms with Crippen molar-refractivity contribution >= 4 is 11.9 Å². The first-order valence-corrected chi connectivity index (χ1v) is 6.75. The molecule has 0 spiro atoms. The van der Waals surface area contributed by atoms with Gasteiger partial charge in [0.2, 0.25) is 5.91 Å². The maximum absolute atomic E-state index is 11.4. The number of aromatic nitrogens is 1. The van der Waals surface area contributed by atoms with Crippen LogP contribution in [0.2, 0.25) is 0 Å². The molecule has 1 heterocycles. The quantitative estimate of drug-likeness (QED) is 0.402. The molecule has 6 heteroatoms. The second-order valence-corrected chi connectivity index (χ2v) is 4.62. The fraction of sp³-hybridized carbons (Fsp3) is 0.500. The number of hydrogen-bond donors (Lipinski definition) is 3. The Morgan fingerprint density at radius 1 is 1.25 bits per heavy atom. The Bertz CT molecular complexity index is 430. The molecule has 0 aliphatic carbocycles. The van der Waals surface area contributed by atoms with Crippen molar-refractivity contribution in [2.75, 3.05) is 20.1 Å². The van der Waals surface area contributed by atoms with Gasteiger partial charge in [-0.2, -0.15) is 0 Å². The van der Waals surface area contributed by atoms with Gasteiger partial charge in [0.1, 0.15) is 0 Å². The van der Waals surface area contributed by atoms with Crippen molar-refractivity contribution in [3.63, 3.8) is 0 Å². The molecule has 20 heavy (non-hydrogen) atoms. The van der Waals surface area contributed by atoms with Gasteiger partial charge >= 0.3 is 0 Å². The average molecular weight is 277 g/mol. The van der Waals surface area contributed by atoms with E-state index in [0.717, 1.165) is 5.69 Å². The Hall–Kier alpha value is -2.11. The van der Waals surface area contributed by atoms with Gasteiger partial charge in [0, 0.05) is 32.3 Å². The molecule has 1 rings (SSSR count). The summed E-state index contributed by atoms with van der Waals surface area (Å²) in [6.45, 7) is 5.55. The van der Waals surface area contributed by atoms with E-state index in [2.05, 4.69) is 25.9 Å². The number of nitrogens with one attached hydrogen (secondary N) is 3. The first-order chi connectivity index (χ1) is 9.63. The first-order valence-electron chi connectivity index (χ1n) is 6.75. The van der Waals surface area contributed by atoms with Crippen LogP contribution < -0.4 is 16.0 Å². The standard InChI is InChI=1S/C14H23N5O/c1-11(2)13(20)17-8-9-18-14(15-3)19-10-12-6-4-5-7-16-12/h4-7,11H,8-10H2,1-3H3,(H,17,20)(H2,15,18,19). The third-order valence-electron chi connectivity index (χ3n) is 2.63. The van der Waals surface area contributed by atoms with Gasteiger partial charge in [-0.15, -0.1) is 0 Å². The van der Waals surface area contributed by atoms with Gasteiger partial charge in [0.05, 0.1) is 12.2 Å². The van der Waals surface area contributed by atoms with Crippen molar-refractivity contribution in [2.45, 2.75) is 20.4 Å². The zero-order chi connectivity index (χ0) is 14.8. The largest absolute Gasteiger partial charge is 0.355 e. The molecule has 0 bridgehead atoms. The molecule has 0 fully saturated rings. The highest BCUT2D eigenvalue weighted by molar-refractivity contribution is 5.80. The van der Waals surface area contributed by atoms with Gasteiger partial charge in [-0.3, -0.25) is 14.8 Å². The number of nitrogens with zero attached hydrogens (tertiary/aromatic N) is 2. The van der Waals surface area contributed by atoms with E-state index in [-0.39, 0.29) is 11.8 Å². The number of carbonyl (C=O) groups is 1. The summed E-state index contributed by atoms with van der Waals surface area (Å²) < 4.78 is 0. The van der Waals surface area contributed by atoms with Gasteiger partial charge in [0.25, 0.3) is 0 Å². The highest BCUT2D eigenvalue weighted by atomic mass is 16.1. The monoisotopic (exact) mass is 277 g/mol. The first kappa shape index (κ1) is 15.9. The lowest BCUT2D eigenvalue weighted by Crippen LogP contribution is -2.41. The molecule has 0 saturated carbocycles. The smallest absolute Gasteiger partial charge is 0.222 e. The summed E-state index contributed by atoms with van der Waals surface area (Å²) in [5, 5.41) is 9.13. The summed E-state index contributed by atoms with van der Waals surface area (Å²) in [7, 11) is 1.71. The van der Waals surface area contributed by atoms with Crippen molar-refractivity contribution in [1.82, 2.24) is 20.9 Å². The molecule has 0 atom stereocenters. The van der Waals surface area contributed by atoms with Crippen LogP contribution in [0.15, 0.2) is 29.4 Å². The molecule has 3 N–H and O–H groups in total. The minimum atomic E-state index is 0.0107. The molecule has 1 amide bonds. The van der Waals surface area contributed by atoms with Crippen LogP contribution in [0.25, 0.3) is 0 Å². The molecule has 110 valence electrons. The zero-order valence-electron chi connectivity index (χ0n) is 12.3. The lowest BCUT2D eigenvalue weighted by molar-refractivity contribution is -0.123. The van der Waals surface area contributed by atoms with Gasteiger partial charge in [-0.05, 0) is 12.1 Å². The Morgan fingerprint density at radius 3 is 2.60 bits per heavy atom. The second-order valence-electron chi connectivity index (χ2n) is 4.62. The number of rotatable bonds is 6. The van der Waals surface area contributed by atoms with Crippen LogP contribution in [0.1, 0.15) is 19.5 Å². The van der Waals surface area contributed by atoms with Crippen LogP contribution in [0.5, 0.6) is 0 Å². The van der Waals surface area contributed by atoms with Crippen molar-refractivity contribution in [2.24, 2.45) is 10.9 Å². The zero-order valence-corrected chi connectivity index (χ0v) is 12.3. The Labute approximate surface area is 120 Å². The minimum Gasteiger partial charge on any atom is -0.355 e. The fourth-order valence-electron chi connectivity index (χ4n) is 1.47. The van der Waals surface area contributed by atoms with E-state index >= 15 is 0 Å². The van der Waals surface area contributed by atoms with E-state index in [4.69, 9.17) is 0 Å². The summed E-state index contributed by atoms with van der Waals surface area (Å²) in [4.78, 5) is 19.7. The van der Waals surface area contributed by atoms with Crippen LogP contribution in [0.4, 0.5) is 0 Å². The predicted molar refractivity (Wildman–Crippen MR) is 80.3 cm³/mol. The van der Waals surface area contributed by atoms with Crippen molar-refractivity contribution < 1.29 is 4.79 Å². The maximum atomic E-state index is 11.4. The van der Waals surface area contributed by atoms with Crippen LogP contribution in [-0.4, -0.2) is 37.0 Å². The lowest BCUT2D eigenvalue weighted by atomic mass is 10.2. The molecular formula is C14H23N5O. The van der Waals surface area contributed by atoms with E-state index in [1.165, 1.54) is 0 Å². The van der Waals surface area contributed by atoms with Gasteiger partial charge in [0.15, 0.2) is 5.96 Å². The molecule has 1 aromatic heterocycles. The number of amides is 1.